The zero-order valence-electron chi connectivity index (χ0n) is 6.88. The van der Waals surface area contributed by atoms with Gasteiger partial charge in [0.25, 0.3) is 0 Å². The second kappa shape index (κ2) is 3.71. The Balaban J connectivity index is 2.60. The number of likely N-dealkylation sites (tertiary alicyclic amines) is 1. The number of nitrogens with zero attached hydrogens (tertiary/aromatic N) is 1. The van der Waals surface area contributed by atoms with E-state index in [2.05, 4.69) is 0 Å². The molecular formula is C7H11NO5. The summed E-state index contributed by atoms with van der Waals surface area (Å²) in [5.41, 5.74) is 0. The van der Waals surface area contributed by atoms with E-state index in [4.69, 9.17) is 15.3 Å². The molecule has 0 aromatic rings. The number of carbonyl (C=O) groups is 2. The molecule has 0 bridgehead atoms. The Morgan fingerprint density at radius 3 is 2.69 bits per heavy atom. The predicted octanol–water partition coefficient (Wildman–Crippen LogP) is -1.13. The van der Waals surface area contributed by atoms with E-state index >= 15 is 0 Å². The Kier molecular flexibility index (Phi) is 2.84. The van der Waals surface area contributed by atoms with E-state index in [0.717, 1.165) is 0 Å². The van der Waals surface area contributed by atoms with Crippen LogP contribution in [0, 0.1) is 5.92 Å². The molecule has 1 heterocycles. The van der Waals surface area contributed by atoms with Gasteiger partial charge in [-0.2, -0.15) is 0 Å². The standard InChI is InChI=1S/C7H11NO5/c9-3-5(10)4-1-6(11)8(2-4)7(12)13/h4-5,9-10H,1-3H2,(H,12,13). The summed E-state index contributed by atoms with van der Waals surface area (Å²) in [7, 11) is 0. The second-order valence-electron chi connectivity index (χ2n) is 3.00. The number of amides is 2. The first-order chi connectivity index (χ1) is 6.06. The van der Waals surface area contributed by atoms with Gasteiger partial charge in [0.2, 0.25) is 5.91 Å². The van der Waals surface area contributed by atoms with E-state index in [0.29, 0.717) is 4.90 Å². The molecule has 6 heteroatoms. The Morgan fingerprint density at radius 1 is 1.69 bits per heavy atom. The summed E-state index contributed by atoms with van der Waals surface area (Å²) in [6.45, 7) is -0.485. The van der Waals surface area contributed by atoms with Crippen LogP contribution < -0.4 is 0 Å². The van der Waals surface area contributed by atoms with Crippen molar-refractivity contribution in [1.29, 1.82) is 0 Å². The lowest BCUT2D eigenvalue weighted by atomic mass is 10.0. The van der Waals surface area contributed by atoms with Gasteiger partial charge in [-0.05, 0) is 0 Å². The van der Waals surface area contributed by atoms with E-state index in [1.807, 2.05) is 0 Å². The van der Waals surface area contributed by atoms with Gasteiger partial charge in [-0.25, -0.2) is 9.69 Å². The molecule has 74 valence electrons. The van der Waals surface area contributed by atoms with Crippen LogP contribution in [-0.2, 0) is 4.79 Å². The van der Waals surface area contributed by atoms with Crippen molar-refractivity contribution in [3.63, 3.8) is 0 Å². The molecule has 2 amide bonds. The van der Waals surface area contributed by atoms with Crippen LogP contribution >= 0.6 is 0 Å². The summed E-state index contributed by atoms with van der Waals surface area (Å²) in [4.78, 5) is 22.1. The molecule has 0 saturated carbocycles. The number of imide groups is 1. The summed E-state index contributed by atoms with van der Waals surface area (Å²) in [5.74, 6) is -1.00. The Bertz CT molecular complexity index is 229. The summed E-state index contributed by atoms with van der Waals surface area (Å²) in [6, 6.07) is 0. The van der Waals surface area contributed by atoms with Crippen molar-refractivity contribution in [2.24, 2.45) is 5.92 Å². The minimum absolute atomic E-state index is 0.0198. The monoisotopic (exact) mass is 189 g/mol. The molecule has 1 aliphatic rings. The van der Waals surface area contributed by atoms with Gasteiger partial charge in [-0.15, -0.1) is 0 Å². The number of hydrogen-bond acceptors (Lipinski definition) is 4. The average Bonchev–Trinajstić information content (AvgIpc) is 2.46. The molecule has 3 N–H and O–H groups in total. The van der Waals surface area contributed by atoms with Gasteiger partial charge >= 0.3 is 6.09 Å². The van der Waals surface area contributed by atoms with Crippen molar-refractivity contribution in [2.45, 2.75) is 12.5 Å². The smallest absolute Gasteiger partial charge is 0.414 e. The Labute approximate surface area is 74.4 Å². The van der Waals surface area contributed by atoms with Crippen molar-refractivity contribution in [1.82, 2.24) is 4.90 Å². The lowest BCUT2D eigenvalue weighted by Gasteiger charge is -2.14. The number of rotatable bonds is 2. The third-order valence-corrected chi connectivity index (χ3v) is 2.12. The van der Waals surface area contributed by atoms with E-state index in [1.54, 1.807) is 0 Å². The van der Waals surface area contributed by atoms with Crippen molar-refractivity contribution in [2.75, 3.05) is 13.2 Å². The minimum atomic E-state index is -1.31. The van der Waals surface area contributed by atoms with Crippen LogP contribution in [0.4, 0.5) is 4.79 Å². The molecular weight excluding hydrogens is 178 g/mol. The zero-order valence-corrected chi connectivity index (χ0v) is 6.88. The number of aliphatic hydroxyl groups is 2. The minimum Gasteiger partial charge on any atom is -0.465 e. The van der Waals surface area contributed by atoms with E-state index in [1.165, 1.54) is 0 Å². The molecule has 0 aromatic heterocycles. The third-order valence-electron chi connectivity index (χ3n) is 2.12. The number of carboxylic acid groups (broad SMARTS) is 1. The van der Waals surface area contributed by atoms with Crippen LogP contribution in [0.5, 0.6) is 0 Å². The van der Waals surface area contributed by atoms with Gasteiger partial charge in [-0.3, -0.25) is 4.79 Å². The lowest BCUT2D eigenvalue weighted by molar-refractivity contribution is -0.126. The normalized spacial score (nSPS) is 24.9. The maximum atomic E-state index is 11.0. The fourth-order valence-electron chi connectivity index (χ4n) is 1.33. The first-order valence-corrected chi connectivity index (χ1v) is 3.88. The molecule has 1 saturated heterocycles. The lowest BCUT2D eigenvalue weighted by Crippen LogP contribution is -2.32. The number of hydrogen-bond donors (Lipinski definition) is 3. The molecule has 0 spiro atoms. The van der Waals surface area contributed by atoms with Crippen LogP contribution in [0.15, 0.2) is 0 Å². The highest BCUT2D eigenvalue weighted by Crippen LogP contribution is 2.20. The first-order valence-electron chi connectivity index (χ1n) is 3.88. The SMILES string of the molecule is O=C(O)N1CC(C(O)CO)CC1=O. The second-order valence-corrected chi connectivity index (χ2v) is 3.00. The molecule has 0 aliphatic carbocycles. The summed E-state index contributed by atoms with van der Waals surface area (Å²) < 4.78 is 0. The van der Waals surface area contributed by atoms with E-state index in [-0.39, 0.29) is 13.0 Å². The van der Waals surface area contributed by atoms with Crippen LogP contribution in [0.2, 0.25) is 0 Å². The molecule has 13 heavy (non-hydrogen) atoms. The topological polar surface area (TPSA) is 98.1 Å². The number of carbonyl (C=O) groups excluding carboxylic acids is 1. The van der Waals surface area contributed by atoms with Crippen molar-refractivity contribution in [3.8, 4) is 0 Å². The molecule has 1 aliphatic heterocycles. The summed E-state index contributed by atoms with van der Waals surface area (Å²) in [5, 5.41) is 26.2. The fraction of sp³-hybridized carbons (Fsp3) is 0.714. The van der Waals surface area contributed by atoms with Crippen LogP contribution in [-0.4, -0.2) is 51.5 Å². The van der Waals surface area contributed by atoms with Crippen molar-refractivity contribution in [3.05, 3.63) is 0 Å². The Morgan fingerprint density at radius 2 is 2.31 bits per heavy atom. The van der Waals surface area contributed by atoms with Gasteiger partial charge in [-0.1, -0.05) is 0 Å². The third kappa shape index (κ3) is 1.96. The predicted molar refractivity (Wildman–Crippen MR) is 40.9 cm³/mol. The molecule has 0 aromatic carbocycles. The van der Waals surface area contributed by atoms with Gasteiger partial charge in [0, 0.05) is 18.9 Å². The van der Waals surface area contributed by atoms with Crippen molar-refractivity contribution >= 4 is 12.0 Å². The van der Waals surface area contributed by atoms with E-state index in [9.17, 15) is 9.59 Å². The highest BCUT2D eigenvalue weighted by atomic mass is 16.4. The largest absolute Gasteiger partial charge is 0.465 e. The molecule has 2 unspecified atom stereocenters. The van der Waals surface area contributed by atoms with Gasteiger partial charge in [0.15, 0.2) is 0 Å². The molecule has 0 radical (unpaired) electrons. The van der Waals surface area contributed by atoms with Crippen molar-refractivity contribution < 1.29 is 24.9 Å². The quantitative estimate of drug-likeness (QED) is 0.510. The summed E-state index contributed by atoms with van der Waals surface area (Å²) >= 11 is 0. The highest BCUT2D eigenvalue weighted by Gasteiger charge is 2.37. The molecule has 1 fully saturated rings. The maximum absolute atomic E-state index is 11.0. The van der Waals surface area contributed by atoms with Gasteiger partial charge in [0.1, 0.15) is 0 Å². The molecule has 2 atom stereocenters. The average molecular weight is 189 g/mol. The van der Waals surface area contributed by atoms with Crippen LogP contribution in [0.1, 0.15) is 6.42 Å². The fourth-order valence-corrected chi connectivity index (χ4v) is 1.33. The van der Waals surface area contributed by atoms with Crippen LogP contribution in [0.3, 0.4) is 0 Å². The molecule has 1 rings (SSSR count). The molecule has 6 nitrogen and oxygen atoms in total. The van der Waals surface area contributed by atoms with E-state index < -0.39 is 30.6 Å². The highest BCUT2D eigenvalue weighted by molar-refractivity contribution is 5.92. The van der Waals surface area contributed by atoms with Crippen LogP contribution in [0.25, 0.3) is 0 Å². The van der Waals surface area contributed by atoms with Gasteiger partial charge in [0.05, 0.1) is 12.7 Å². The first kappa shape index (κ1) is 9.94. The maximum Gasteiger partial charge on any atom is 0.414 e. The summed E-state index contributed by atoms with van der Waals surface area (Å²) in [6.07, 6.45) is -2.35. The Hall–Kier alpha value is -1.14. The number of aliphatic hydroxyl groups excluding tert-OH is 2. The zero-order chi connectivity index (χ0) is 10.0. The van der Waals surface area contributed by atoms with Gasteiger partial charge < -0.3 is 15.3 Å².